The van der Waals surface area contributed by atoms with E-state index < -0.39 is 17.6 Å². The maximum Gasteiger partial charge on any atom is 0.336 e. The number of esters is 1. The molecule has 1 saturated heterocycles. The van der Waals surface area contributed by atoms with Gasteiger partial charge >= 0.3 is 11.6 Å². The molecule has 2 aromatic heterocycles. The Hall–Kier alpha value is -2.93. The molecule has 1 fully saturated rings. The quantitative estimate of drug-likeness (QED) is 0.482. The highest BCUT2D eigenvalue weighted by atomic mass is 32.1. The fourth-order valence-electron chi connectivity index (χ4n) is 3.64. The van der Waals surface area contributed by atoms with Crippen molar-refractivity contribution in [2.45, 2.75) is 39.3 Å². The van der Waals surface area contributed by atoms with Crippen LogP contribution in [0, 0.1) is 13.8 Å². The third kappa shape index (κ3) is 3.82. The molecule has 0 saturated carbocycles. The van der Waals surface area contributed by atoms with Gasteiger partial charge in [-0.2, -0.15) is 0 Å². The Morgan fingerprint density at radius 3 is 2.79 bits per heavy atom. The lowest BCUT2D eigenvalue weighted by Crippen LogP contribution is -2.41. The van der Waals surface area contributed by atoms with Crippen LogP contribution in [0.5, 0.6) is 0 Å². The summed E-state index contributed by atoms with van der Waals surface area (Å²) < 4.78 is 10.8. The van der Waals surface area contributed by atoms with Crippen LogP contribution in [0.3, 0.4) is 0 Å². The molecule has 150 valence electrons. The zero-order valence-electron chi connectivity index (χ0n) is 16.3. The maximum absolute atomic E-state index is 12.7. The number of thiophene rings is 1. The van der Waals surface area contributed by atoms with E-state index in [-0.39, 0.29) is 12.5 Å². The number of aryl methyl sites for hydroxylation is 2. The van der Waals surface area contributed by atoms with Crippen molar-refractivity contribution >= 4 is 34.2 Å². The van der Waals surface area contributed by atoms with Crippen LogP contribution in [0.2, 0.25) is 0 Å². The molecule has 7 heteroatoms. The van der Waals surface area contributed by atoms with Crippen molar-refractivity contribution in [2.24, 2.45) is 0 Å². The van der Waals surface area contributed by atoms with Gasteiger partial charge in [0, 0.05) is 23.6 Å². The Labute approximate surface area is 171 Å². The van der Waals surface area contributed by atoms with Crippen molar-refractivity contribution in [3.8, 4) is 0 Å². The van der Waals surface area contributed by atoms with Crippen LogP contribution in [0.15, 0.2) is 44.9 Å². The summed E-state index contributed by atoms with van der Waals surface area (Å²) in [7, 11) is 0. The van der Waals surface area contributed by atoms with E-state index in [2.05, 4.69) is 0 Å². The number of rotatable bonds is 4. The van der Waals surface area contributed by atoms with Gasteiger partial charge in [-0.3, -0.25) is 4.79 Å². The highest BCUT2D eigenvalue weighted by Gasteiger charge is 2.36. The second-order valence-electron chi connectivity index (χ2n) is 7.26. The first-order chi connectivity index (χ1) is 13.9. The molecule has 1 aliphatic rings. The second kappa shape index (κ2) is 7.83. The average Bonchev–Trinajstić information content (AvgIpc) is 3.38. The highest BCUT2D eigenvalue weighted by Crippen LogP contribution is 2.25. The molecule has 6 nitrogen and oxygen atoms in total. The van der Waals surface area contributed by atoms with Gasteiger partial charge in [-0.1, -0.05) is 6.07 Å². The van der Waals surface area contributed by atoms with Gasteiger partial charge in [-0.15, -0.1) is 11.3 Å². The maximum atomic E-state index is 12.7. The Bertz CT molecular complexity index is 1130. The number of benzene rings is 1. The van der Waals surface area contributed by atoms with Crippen LogP contribution in [0.4, 0.5) is 0 Å². The van der Waals surface area contributed by atoms with Crippen molar-refractivity contribution in [2.75, 3.05) is 6.54 Å². The van der Waals surface area contributed by atoms with Crippen LogP contribution in [-0.4, -0.2) is 29.4 Å². The van der Waals surface area contributed by atoms with Crippen molar-refractivity contribution in [3.63, 3.8) is 0 Å². The number of fused-ring (bicyclic) bond motifs is 1. The zero-order valence-corrected chi connectivity index (χ0v) is 17.1. The normalized spacial score (nSPS) is 16.3. The van der Waals surface area contributed by atoms with Gasteiger partial charge in [0.1, 0.15) is 18.2 Å². The number of likely N-dealkylation sites (tertiary alicyclic amines) is 1. The van der Waals surface area contributed by atoms with Gasteiger partial charge < -0.3 is 14.1 Å². The van der Waals surface area contributed by atoms with E-state index in [9.17, 15) is 14.4 Å². The first-order valence-electron chi connectivity index (χ1n) is 9.49. The number of carbonyl (C=O) groups excluding carboxylic acids is 2. The zero-order chi connectivity index (χ0) is 20.5. The van der Waals surface area contributed by atoms with E-state index in [0.29, 0.717) is 29.0 Å². The topological polar surface area (TPSA) is 76.8 Å². The summed E-state index contributed by atoms with van der Waals surface area (Å²) in [6, 6.07) is 8.08. The van der Waals surface area contributed by atoms with Gasteiger partial charge in [-0.05, 0) is 61.4 Å². The monoisotopic (exact) mass is 411 g/mol. The third-order valence-electron chi connectivity index (χ3n) is 5.33. The van der Waals surface area contributed by atoms with Crippen LogP contribution < -0.4 is 5.63 Å². The van der Waals surface area contributed by atoms with Gasteiger partial charge in [-0.25, -0.2) is 9.59 Å². The Kier molecular flexibility index (Phi) is 5.24. The summed E-state index contributed by atoms with van der Waals surface area (Å²) >= 11 is 1.36. The fraction of sp³-hybridized carbons (Fsp3) is 0.318. The molecule has 0 radical (unpaired) electrons. The molecule has 0 bridgehead atoms. The van der Waals surface area contributed by atoms with Gasteiger partial charge in [0.05, 0.1) is 4.88 Å². The van der Waals surface area contributed by atoms with Gasteiger partial charge in [0.25, 0.3) is 5.91 Å². The SMILES string of the molecule is Cc1cc2oc(=O)cc(COC(=O)[C@H]3CCCN3C(=O)c3cccs3)c2cc1C. The largest absolute Gasteiger partial charge is 0.459 e. The van der Waals surface area contributed by atoms with Crippen molar-refractivity contribution in [1.82, 2.24) is 4.90 Å². The molecule has 29 heavy (non-hydrogen) atoms. The molecule has 4 rings (SSSR count). The summed E-state index contributed by atoms with van der Waals surface area (Å²) in [6.07, 6.45) is 1.33. The van der Waals surface area contributed by atoms with E-state index in [4.69, 9.17) is 9.15 Å². The van der Waals surface area contributed by atoms with E-state index in [1.54, 1.807) is 11.0 Å². The first kappa shape index (κ1) is 19.4. The van der Waals surface area contributed by atoms with Crippen LogP contribution in [0.25, 0.3) is 11.0 Å². The summed E-state index contributed by atoms with van der Waals surface area (Å²) in [6.45, 7) is 4.41. The van der Waals surface area contributed by atoms with Crippen LogP contribution in [-0.2, 0) is 16.1 Å². The first-order valence-corrected chi connectivity index (χ1v) is 10.4. The number of carbonyl (C=O) groups is 2. The van der Waals surface area contributed by atoms with Gasteiger partial charge in [0.15, 0.2) is 0 Å². The molecule has 1 aromatic carbocycles. The molecule has 0 N–H and O–H groups in total. The smallest absolute Gasteiger partial charge is 0.336 e. The third-order valence-corrected chi connectivity index (χ3v) is 6.19. The molecular weight excluding hydrogens is 390 g/mol. The molecule has 3 aromatic rings. The van der Waals surface area contributed by atoms with Gasteiger partial charge in [0.2, 0.25) is 0 Å². The van der Waals surface area contributed by atoms with Crippen molar-refractivity contribution < 1.29 is 18.7 Å². The Morgan fingerprint density at radius 2 is 2.03 bits per heavy atom. The summed E-state index contributed by atoms with van der Waals surface area (Å²) in [5.41, 5.74) is 2.66. The van der Waals surface area contributed by atoms with E-state index in [1.165, 1.54) is 17.4 Å². The van der Waals surface area contributed by atoms with Crippen molar-refractivity contribution in [1.29, 1.82) is 0 Å². The number of hydrogen-bond acceptors (Lipinski definition) is 6. The molecule has 1 aliphatic heterocycles. The minimum Gasteiger partial charge on any atom is -0.459 e. The average molecular weight is 411 g/mol. The number of ether oxygens (including phenoxy) is 1. The predicted molar refractivity (Wildman–Crippen MR) is 110 cm³/mol. The Balaban J connectivity index is 1.53. The minimum atomic E-state index is -0.597. The number of amides is 1. The lowest BCUT2D eigenvalue weighted by molar-refractivity contribution is -0.149. The standard InChI is InChI=1S/C22H21NO5S/c1-13-9-16-15(11-20(24)28-18(16)10-14(13)2)12-27-22(26)17-5-3-7-23(17)21(25)19-6-4-8-29-19/h4,6,8-11,17H,3,5,7,12H2,1-2H3/t17-/m1/s1. The molecular formula is C22H21NO5S. The molecule has 0 unspecified atom stereocenters. The molecule has 0 aliphatic carbocycles. The Morgan fingerprint density at radius 1 is 1.24 bits per heavy atom. The second-order valence-corrected chi connectivity index (χ2v) is 8.21. The highest BCUT2D eigenvalue weighted by molar-refractivity contribution is 7.12. The number of nitrogens with zero attached hydrogens (tertiary/aromatic N) is 1. The molecule has 1 atom stereocenters. The van der Waals surface area contributed by atoms with Crippen LogP contribution in [0.1, 0.15) is 39.2 Å². The summed E-state index contributed by atoms with van der Waals surface area (Å²) in [4.78, 5) is 39.5. The molecule has 0 spiro atoms. The van der Waals surface area contributed by atoms with E-state index in [1.807, 2.05) is 37.4 Å². The molecule has 3 heterocycles. The van der Waals surface area contributed by atoms with Crippen molar-refractivity contribution in [3.05, 3.63) is 67.7 Å². The van der Waals surface area contributed by atoms with E-state index >= 15 is 0 Å². The summed E-state index contributed by atoms with van der Waals surface area (Å²) in [5, 5.41) is 2.59. The lowest BCUT2D eigenvalue weighted by Gasteiger charge is -2.22. The predicted octanol–water partition coefficient (Wildman–Crippen LogP) is 3.82. The van der Waals surface area contributed by atoms with Crippen LogP contribution >= 0.6 is 11.3 Å². The van der Waals surface area contributed by atoms with E-state index in [0.717, 1.165) is 22.9 Å². The lowest BCUT2D eigenvalue weighted by atomic mass is 10.0. The molecule has 1 amide bonds. The number of hydrogen-bond donors (Lipinski definition) is 0. The summed E-state index contributed by atoms with van der Waals surface area (Å²) in [5.74, 6) is -0.589. The fourth-order valence-corrected chi connectivity index (χ4v) is 4.32. The minimum absolute atomic E-state index is 0.0407.